The van der Waals surface area contributed by atoms with E-state index in [1.165, 1.54) is 12.8 Å². The molecule has 0 aromatic carbocycles. The van der Waals surface area contributed by atoms with Crippen molar-refractivity contribution in [2.75, 3.05) is 0 Å². The first-order valence-electron chi connectivity index (χ1n) is 2.54. The third-order valence-electron chi connectivity index (χ3n) is 1.41. The van der Waals surface area contributed by atoms with Gasteiger partial charge in [0, 0.05) is 0 Å². The Balaban J connectivity index is 0.000000360. The summed E-state index contributed by atoms with van der Waals surface area (Å²) in [7, 11) is 0. The molecule has 0 spiro atoms. The van der Waals surface area contributed by atoms with Crippen LogP contribution in [0.5, 0.6) is 0 Å². The van der Waals surface area contributed by atoms with Crippen LogP contribution < -0.4 is 0 Å². The molecule has 7 heavy (non-hydrogen) atoms. The van der Waals surface area contributed by atoms with Gasteiger partial charge in [0.1, 0.15) is 0 Å². The molecule has 0 aromatic heterocycles. The molecule has 0 unspecified atom stereocenters. The van der Waals surface area contributed by atoms with Crippen LogP contribution in [-0.2, 0) is 18.6 Å². The van der Waals surface area contributed by atoms with E-state index in [-0.39, 0.29) is 18.6 Å². The van der Waals surface area contributed by atoms with Gasteiger partial charge in [0.05, 0.1) is 0 Å². The smallest absolute Gasteiger partial charge is 0.343 e. The quantitative estimate of drug-likeness (QED) is 0.478. The number of hydrogen-bond acceptors (Lipinski definition) is 0. The zero-order valence-electron chi connectivity index (χ0n) is 4.43. The maximum absolute atomic E-state index is 3.79. The zero-order chi connectivity index (χ0) is 4.41. The van der Waals surface area contributed by atoms with Crippen molar-refractivity contribution in [3.63, 3.8) is 0 Å². The molecule has 1 aliphatic carbocycles. The standard InChI is InChI=1S/C6H10.V/c1-2-6-4-3-5-6;/h3,6H,1-2,4-5H2;/q-2;+2. The molecule has 1 radical (unpaired) electrons. The summed E-state index contributed by atoms with van der Waals surface area (Å²) in [4.78, 5) is 0. The fourth-order valence-electron chi connectivity index (χ4n) is 0.638. The third-order valence-corrected chi connectivity index (χ3v) is 1.41. The van der Waals surface area contributed by atoms with Crippen molar-refractivity contribution in [1.29, 1.82) is 0 Å². The maximum Gasteiger partial charge on any atom is 2.00 e. The minimum Gasteiger partial charge on any atom is -0.343 e. The molecule has 1 aliphatic rings. The van der Waals surface area contributed by atoms with Crippen molar-refractivity contribution in [2.24, 2.45) is 5.92 Å². The Morgan fingerprint density at radius 1 is 1.57 bits per heavy atom. The Bertz CT molecular complexity index is 36.7. The van der Waals surface area contributed by atoms with Crippen molar-refractivity contribution in [3.8, 4) is 0 Å². The fourth-order valence-corrected chi connectivity index (χ4v) is 0.638. The molecule has 0 amide bonds. The van der Waals surface area contributed by atoms with Crippen molar-refractivity contribution in [2.45, 2.75) is 19.3 Å². The van der Waals surface area contributed by atoms with E-state index in [1.54, 1.807) is 0 Å². The summed E-state index contributed by atoms with van der Waals surface area (Å²) >= 11 is 0. The molecule has 0 N–H and O–H groups in total. The second kappa shape index (κ2) is 3.57. The predicted octanol–water partition coefficient (Wildman–Crippen LogP) is 1.82. The van der Waals surface area contributed by atoms with Crippen molar-refractivity contribution in [3.05, 3.63) is 13.3 Å². The second-order valence-electron chi connectivity index (χ2n) is 1.91. The molecule has 0 saturated heterocycles. The van der Waals surface area contributed by atoms with Crippen LogP contribution in [0.1, 0.15) is 19.3 Å². The Morgan fingerprint density at radius 3 is 2.14 bits per heavy atom. The second-order valence-corrected chi connectivity index (χ2v) is 1.91. The van der Waals surface area contributed by atoms with E-state index in [9.17, 15) is 0 Å². The van der Waals surface area contributed by atoms with Crippen LogP contribution in [0.2, 0.25) is 0 Å². The van der Waals surface area contributed by atoms with Crippen LogP contribution in [0.25, 0.3) is 0 Å². The Morgan fingerprint density at radius 2 is 2.14 bits per heavy atom. The van der Waals surface area contributed by atoms with Crippen LogP contribution >= 0.6 is 0 Å². The first-order chi connectivity index (χ1) is 2.93. The number of rotatable bonds is 1. The van der Waals surface area contributed by atoms with E-state index in [1.807, 2.05) is 0 Å². The van der Waals surface area contributed by atoms with E-state index in [2.05, 4.69) is 13.3 Å². The molecule has 1 heteroatoms. The van der Waals surface area contributed by atoms with Gasteiger partial charge in [0.15, 0.2) is 0 Å². The monoisotopic (exact) mass is 133 g/mol. The van der Waals surface area contributed by atoms with E-state index < -0.39 is 0 Å². The molecule has 0 heterocycles. The van der Waals surface area contributed by atoms with Gasteiger partial charge < -0.3 is 13.3 Å². The molecule has 0 aliphatic heterocycles. The topological polar surface area (TPSA) is 0 Å². The molecule has 0 nitrogen and oxygen atoms in total. The van der Waals surface area contributed by atoms with Crippen LogP contribution in [0.3, 0.4) is 0 Å². The zero-order valence-corrected chi connectivity index (χ0v) is 5.83. The van der Waals surface area contributed by atoms with Gasteiger partial charge in [0.25, 0.3) is 0 Å². The van der Waals surface area contributed by atoms with Gasteiger partial charge in [-0.2, -0.15) is 19.3 Å². The third kappa shape index (κ3) is 1.88. The van der Waals surface area contributed by atoms with Crippen LogP contribution in [-0.4, -0.2) is 0 Å². The summed E-state index contributed by atoms with van der Waals surface area (Å²) in [5.74, 6) is 0.949. The molecule has 0 aromatic rings. The van der Waals surface area contributed by atoms with Crippen molar-refractivity contribution >= 4 is 0 Å². The Kier molecular flexibility index (Phi) is 3.87. The normalized spacial score (nSPS) is 20.1. The van der Waals surface area contributed by atoms with Gasteiger partial charge in [-0.1, -0.05) is 0 Å². The summed E-state index contributed by atoms with van der Waals surface area (Å²) in [5, 5.41) is 0. The summed E-state index contributed by atoms with van der Waals surface area (Å²) in [5.41, 5.74) is 0. The number of hydrogen-bond donors (Lipinski definition) is 0. The molecular formula is C6H10V. The first kappa shape index (κ1) is 7.58. The van der Waals surface area contributed by atoms with Crippen LogP contribution in [0, 0.1) is 19.3 Å². The molecule has 0 atom stereocenters. The van der Waals surface area contributed by atoms with Gasteiger partial charge in [-0.05, 0) is 0 Å². The molecule has 1 rings (SSSR count). The summed E-state index contributed by atoms with van der Waals surface area (Å²) in [6.45, 7) is 3.79. The Hall–Kier alpha value is 0.584. The fraction of sp³-hybridized carbons (Fsp3) is 0.667. The summed E-state index contributed by atoms with van der Waals surface area (Å²) in [6.07, 6.45) is 6.10. The predicted molar refractivity (Wildman–Crippen MR) is 27.0 cm³/mol. The SMILES string of the molecule is [CH2-]CC1C[CH-]C1.[V+2]. The molecular weight excluding hydrogens is 123 g/mol. The minimum atomic E-state index is 0. The van der Waals surface area contributed by atoms with E-state index in [0.717, 1.165) is 12.3 Å². The average molecular weight is 133 g/mol. The summed E-state index contributed by atoms with van der Waals surface area (Å²) in [6, 6.07) is 0. The molecule has 39 valence electrons. The van der Waals surface area contributed by atoms with Gasteiger partial charge in [0.2, 0.25) is 0 Å². The maximum atomic E-state index is 3.79. The minimum absolute atomic E-state index is 0. The van der Waals surface area contributed by atoms with Crippen LogP contribution in [0.4, 0.5) is 0 Å². The van der Waals surface area contributed by atoms with E-state index >= 15 is 0 Å². The van der Waals surface area contributed by atoms with Crippen molar-refractivity contribution < 1.29 is 18.6 Å². The van der Waals surface area contributed by atoms with Crippen molar-refractivity contribution in [1.82, 2.24) is 0 Å². The van der Waals surface area contributed by atoms with Gasteiger partial charge in [-0.25, -0.2) is 0 Å². The Labute approximate surface area is 57.6 Å². The average Bonchev–Trinajstić information content (AvgIpc) is 1.31. The first-order valence-corrected chi connectivity index (χ1v) is 2.54. The van der Waals surface area contributed by atoms with Gasteiger partial charge >= 0.3 is 18.6 Å². The molecule has 1 fully saturated rings. The molecule has 0 bridgehead atoms. The summed E-state index contributed by atoms with van der Waals surface area (Å²) < 4.78 is 0. The van der Waals surface area contributed by atoms with Crippen LogP contribution in [0.15, 0.2) is 0 Å². The van der Waals surface area contributed by atoms with Gasteiger partial charge in [-0.3, -0.25) is 0 Å². The van der Waals surface area contributed by atoms with Gasteiger partial charge in [-0.15, -0.1) is 5.92 Å². The largest absolute Gasteiger partial charge is 2.00 e. The van der Waals surface area contributed by atoms with E-state index in [0.29, 0.717) is 0 Å². The van der Waals surface area contributed by atoms with E-state index in [4.69, 9.17) is 0 Å². The molecule has 1 saturated carbocycles.